The van der Waals surface area contributed by atoms with Crippen LogP contribution >= 0.6 is 23.2 Å². The van der Waals surface area contributed by atoms with Crippen LogP contribution in [0, 0.1) is 6.92 Å². The predicted octanol–water partition coefficient (Wildman–Crippen LogP) is 4.94. The number of sulfonamides is 1. The first kappa shape index (κ1) is 20.7. The average molecular weight is 456 g/mol. The van der Waals surface area contributed by atoms with Gasteiger partial charge in [-0.25, -0.2) is 16.8 Å². The molecule has 0 spiro atoms. The minimum Gasteiger partial charge on any atom is -0.279 e. The van der Waals surface area contributed by atoms with Gasteiger partial charge in [-0.15, -0.1) is 0 Å². The van der Waals surface area contributed by atoms with Crippen molar-refractivity contribution in [3.8, 4) is 0 Å². The van der Waals surface area contributed by atoms with Crippen LogP contribution in [0.15, 0.2) is 81.4 Å². The smallest absolute Gasteiger partial charge is 0.261 e. The van der Waals surface area contributed by atoms with Crippen LogP contribution in [0.4, 0.5) is 5.69 Å². The molecular weight excluding hydrogens is 441 g/mol. The third-order valence-corrected chi connectivity index (χ3v) is 7.87. The lowest BCUT2D eigenvalue weighted by Gasteiger charge is -2.12. The van der Waals surface area contributed by atoms with Gasteiger partial charge in [-0.2, -0.15) is 0 Å². The first-order chi connectivity index (χ1) is 13.1. The van der Waals surface area contributed by atoms with Gasteiger partial charge in [0, 0.05) is 0 Å². The maximum absolute atomic E-state index is 12.9. The van der Waals surface area contributed by atoms with Crippen molar-refractivity contribution in [3.05, 3.63) is 82.3 Å². The van der Waals surface area contributed by atoms with Gasteiger partial charge in [0.25, 0.3) is 10.0 Å². The number of anilines is 1. The third-order valence-electron chi connectivity index (χ3n) is 4.02. The Kier molecular flexibility index (Phi) is 5.72. The van der Waals surface area contributed by atoms with Gasteiger partial charge >= 0.3 is 0 Å². The monoisotopic (exact) mass is 455 g/mol. The normalized spacial score (nSPS) is 12.0. The summed E-state index contributed by atoms with van der Waals surface area (Å²) in [4.78, 5) is -0.418. The van der Waals surface area contributed by atoms with Crippen LogP contribution in [0.2, 0.25) is 10.0 Å². The highest BCUT2D eigenvalue weighted by molar-refractivity contribution is 7.93. The summed E-state index contributed by atoms with van der Waals surface area (Å²) in [7, 11) is -7.95. The summed E-state index contributed by atoms with van der Waals surface area (Å²) in [5.74, 6) is 0. The van der Waals surface area contributed by atoms with E-state index in [9.17, 15) is 16.8 Å². The molecule has 5 nitrogen and oxygen atoms in total. The van der Waals surface area contributed by atoms with Crippen LogP contribution in [0.25, 0.3) is 0 Å². The molecule has 1 N–H and O–H groups in total. The van der Waals surface area contributed by atoms with E-state index in [0.717, 1.165) is 11.6 Å². The molecular formula is C19H15Cl2NO4S2. The number of sulfone groups is 1. The Hall–Kier alpha value is -2.06. The van der Waals surface area contributed by atoms with Crippen molar-refractivity contribution in [3.63, 3.8) is 0 Å². The molecule has 3 aromatic rings. The number of nitrogens with one attached hydrogen (secondary N) is 1. The maximum atomic E-state index is 12.9. The first-order valence-electron chi connectivity index (χ1n) is 8.00. The van der Waals surface area contributed by atoms with Crippen molar-refractivity contribution < 1.29 is 16.8 Å². The number of rotatable bonds is 5. The van der Waals surface area contributed by atoms with Gasteiger partial charge in [0.1, 0.15) is 0 Å². The molecule has 0 aromatic heterocycles. The second-order valence-corrected chi connectivity index (χ2v) is 10.4. The van der Waals surface area contributed by atoms with Crippen LogP contribution in [-0.2, 0) is 19.9 Å². The number of benzene rings is 3. The number of halogens is 2. The van der Waals surface area contributed by atoms with Crippen molar-refractivity contribution >= 4 is 48.7 Å². The minimum atomic E-state index is -3.98. The summed E-state index contributed by atoms with van der Waals surface area (Å²) >= 11 is 11.8. The molecule has 3 aromatic carbocycles. The largest absolute Gasteiger partial charge is 0.279 e. The molecule has 146 valence electrons. The molecule has 0 amide bonds. The molecule has 28 heavy (non-hydrogen) atoms. The zero-order valence-electron chi connectivity index (χ0n) is 14.6. The van der Waals surface area contributed by atoms with Gasteiger partial charge in [0.15, 0.2) is 0 Å². The second kappa shape index (κ2) is 7.75. The highest BCUT2D eigenvalue weighted by Gasteiger charge is 2.22. The Bertz CT molecular complexity index is 1260. The number of hydrogen-bond acceptors (Lipinski definition) is 4. The fourth-order valence-corrected chi connectivity index (χ4v) is 5.43. The Balaban J connectivity index is 2.02. The van der Waals surface area contributed by atoms with Crippen LogP contribution in [0.5, 0.6) is 0 Å². The van der Waals surface area contributed by atoms with Crippen molar-refractivity contribution in [2.75, 3.05) is 4.72 Å². The first-order valence-corrected chi connectivity index (χ1v) is 11.7. The van der Waals surface area contributed by atoms with E-state index in [4.69, 9.17) is 23.2 Å². The Labute approximate surface area is 173 Å². The van der Waals surface area contributed by atoms with E-state index in [1.54, 1.807) is 31.2 Å². The number of aryl methyl sites for hydroxylation is 1. The quantitative estimate of drug-likeness (QED) is 0.590. The van der Waals surface area contributed by atoms with E-state index in [2.05, 4.69) is 4.72 Å². The Morgan fingerprint density at radius 3 is 2.04 bits per heavy atom. The molecule has 0 saturated carbocycles. The summed E-state index contributed by atoms with van der Waals surface area (Å²) in [5, 5.41) is 0.312. The van der Waals surface area contributed by atoms with Gasteiger partial charge in [-0.1, -0.05) is 47.5 Å². The van der Waals surface area contributed by atoms with E-state index in [1.807, 2.05) is 0 Å². The molecule has 3 rings (SSSR count). The molecule has 0 radical (unpaired) electrons. The average Bonchev–Trinajstić information content (AvgIpc) is 2.66. The molecule has 0 aliphatic heterocycles. The fourth-order valence-electron chi connectivity index (χ4n) is 2.48. The second-order valence-electron chi connectivity index (χ2n) is 5.97. The summed E-state index contributed by atoms with van der Waals surface area (Å²) in [6, 6.07) is 15.9. The summed E-state index contributed by atoms with van der Waals surface area (Å²) < 4.78 is 53.7. The predicted molar refractivity (Wildman–Crippen MR) is 110 cm³/mol. The lowest BCUT2D eigenvalue weighted by atomic mass is 10.2. The molecule has 0 atom stereocenters. The van der Waals surface area contributed by atoms with E-state index in [1.165, 1.54) is 36.4 Å². The van der Waals surface area contributed by atoms with Crippen LogP contribution in [-0.4, -0.2) is 16.8 Å². The minimum absolute atomic E-state index is 0.0803. The highest BCUT2D eigenvalue weighted by atomic mass is 35.5. The SMILES string of the molecule is Cc1ccccc1NS(=O)(=O)c1cccc(S(=O)(=O)c2ccc(Cl)c(Cl)c2)c1. The van der Waals surface area contributed by atoms with E-state index >= 15 is 0 Å². The van der Waals surface area contributed by atoms with Gasteiger partial charge in [-0.05, 0) is 55.0 Å². The fraction of sp³-hybridized carbons (Fsp3) is 0.0526. The number of para-hydroxylation sites is 1. The van der Waals surface area contributed by atoms with Crippen molar-refractivity contribution in [2.24, 2.45) is 0 Å². The zero-order valence-corrected chi connectivity index (χ0v) is 17.7. The third kappa shape index (κ3) is 4.17. The zero-order chi connectivity index (χ0) is 20.5. The van der Waals surface area contributed by atoms with Crippen molar-refractivity contribution in [1.82, 2.24) is 0 Å². The molecule has 0 saturated heterocycles. The summed E-state index contributed by atoms with van der Waals surface area (Å²) in [5.41, 5.74) is 1.16. The molecule has 9 heteroatoms. The lowest BCUT2D eigenvalue weighted by Crippen LogP contribution is -2.14. The lowest BCUT2D eigenvalue weighted by molar-refractivity contribution is 0.595. The van der Waals surface area contributed by atoms with Crippen molar-refractivity contribution in [1.29, 1.82) is 0 Å². The highest BCUT2D eigenvalue weighted by Crippen LogP contribution is 2.29. The maximum Gasteiger partial charge on any atom is 0.261 e. The molecule has 0 fully saturated rings. The Morgan fingerprint density at radius 2 is 1.36 bits per heavy atom. The molecule has 0 heterocycles. The van der Waals surface area contributed by atoms with Crippen molar-refractivity contribution in [2.45, 2.75) is 21.6 Å². The van der Waals surface area contributed by atoms with Gasteiger partial charge in [0.05, 0.1) is 30.4 Å². The van der Waals surface area contributed by atoms with E-state index < -0.39 is 19.9 Å². The molecule has 0 aliphatic rings. The van der Waals surface area contributed by atoms with Gasteiger partial charge in [0.2, 0.25) is 9.84 Å². The van der Waals surface area contributed by atoms with Crippen LogP contribution in [0.3, 0.4) is 0 Å². The van der Waals surface area contributed by atoms with E-state index in [0.29, 0.717) is 5.69 Å². The summed E-state index contributed by atoms with van der Waals surface area (Å²) in [6.45, 7) is 1.77. The summed E-state index contributed by atoms with van der Waals surface area (Å²) in [6.07, 6.45) is 0. The topological polar surface area (TPSA) is 80.3 Å². The Morgan fingerprint density at radius 1 is 0.714 bits per heavy atom. The van der Waals surface area contributed by atoms with E-state index in [-0.39, 0.29) is 24.7 Å². The molecule has 0 bridgehead atoms. The van der Waals surface area contributed by atoms with Gasteiger partial charge in [-0.3, -0.25) is 4.72 Å². The number of hydrogen-bond donors (Lipinski definition) is 1. The standard InChI is InChI=1S/C19H15Cl2NO4S2/c1-13-5-2-3-8-19(13)22-28(25,26)16-7-4-6-14(11-16)27(23,24)15-9-10-17(20)18(21)12-15/h2-12,22H,1H3. The van der Waals surface area contributed by atoms with Crippen LogP contribution < -0.4 is 4.72 Å². The van der Waals surface area contributed by atoms with Crippen LogP contribution in [0.1, 0.15) is 5.56 Å². The van der Waals surface area contributed by atoms with Gasteiger partial charge < -0.3 is 0 Å². The molecule has 0 unspecified atom stereocenters. The molecule has 0 aliphatic carbocycles.